The second-order valence-electron chi connectivity index (χ2n) is 4.03. The van der Waals surface area contributed by atoms with Gasteiger partial charge in [-0.25, -0.2) is 9.59 Å². The third-order valence-electron chi connectivity index (χ3n) is 2.67. The van der Waals surface area contributed by atoms with Crippen LogP contribution in [0.4, 0.5) is 4.79 Å². The van der Waals surface area contributed by atoms with Crippen LogP contribution < -0.4 is 5.32 Å². The van der Waals surface area contributed by atoms with Crippen LogP contribution in [0.25, 0.3) is 0 Å². The smallest absolute Gasteiger partial charge is 0.328 e. The molecule has 1 aliphatic rings. The molecule has 2 N–H and O–H groups in total. The molecule has 0 aromatic rings. The average Bonchev–Trinajstić information content (AvgIpc) is 2.31. The highest BCUT2D eigenvalue weighted by atomic mass is 16.5. The second-order valence-corrected chi connectivity index (χ2v) is 4.03. The molecule has 0 aromatic carbocycles. The summed E-state index contributed by atoms with van der Waals surface area (Å²) in [6.45, 7) is 0.659. The zero-order valence-electron chi connectivity index (χ0n) is 10.4. The lowest BCUT2D eigenvalue weighted by molar-refractivity contribution is -0.140. The zero-order chi connectivity index (χ0) is 13.7. The Hall–Kier alpha value is -1.83. The first-order valence-corrected chi connectivity index (χ1v) is 5.47. The number of hydrogen-bond donors (Lipinski definition) is 2. The summed E-state index contributed by atoms with van der Waals surface area (Å²) in [4.78, 5) is 36.8. The summed E-state index contributed by atoms with van der Waals surface area (Å²) in [5.74, 6) is -1.35. The Morgan fingerprint density at radius 1 is 1.50 bits per heavy atom. The van der Waals surface area contributed by atoms with E-state index in [1.165, 1.54) is 16.9 Å². The number of aliphatic carboxylic acids is 1. The molecule has 0 aliphatic carbocycles. The number of carbonyl (C=O) groups is 3. The van der Waals surface area contributed by atoms with Crippen LogP contribution >= 0.6 is 0 Å². The van der Waals surface area contributed by atoms with Gasteiger partial charge in [0.15, 0.2) is 6.04 Å². The van der Waals surface area contributed by atoms with Crippen molar-refractivity contribution in [2.75, 3.05) is 40.4 Å². The summed E-state index contributed by atoms with van der Waals surface area (Å²) in [5, 5.41) is 11.2. The zero-order valence-corrected chi connectivity index (χ0v) is 10.4. The molecule has 1 atom stereocenters. The first-order valence-electron chi connectivity index (χ1n) is 5.47. The lowest BCUT2D eigenvalue weighted by Crippen LogP contribution is -2.56. The van der Waals surface area contributed by atoms with E-state index < -0.39 is 18.0 Å². The largest absolute Gasteiger partial charge is 0.480 e. The molecule has 0 aromatic heterocycles. The Morgan fingerprint density at radius 2 is 2.17 bits per heavy atom. The number of rotatable bonds is 4. The number of methoxy groups -OCH3 is 1. The minimum atomic E-state index is -1.18. The van der Waals surface area contributed by atoms with Gasteiger partial charge in [-0.3, -0.25) is 4.79 Å². The van der Waals surface area contributed by atoms with Crippen LogP contribution in [0.2, 0.25) is 0 Å². The molecule has 0 saturated carbocycles. The van der Waals surface area contributed by atoms with Crippen molar-refractivity contribution >= 4 is 17.9 Å². The maximum absolute atomic E-state index is 11.8. The number of nitrogens with one attached hydrogen (secondary N) is 1. The summed E-state index contributed by atoms with van der Waals surface area (Å²) < 4.78 is 4.70. The molecule has 0 bridgehead atoms. The van der Waals surface area contributed by atoms with E-state index in [9.17, 15) is 14.4 Å². The minimum absolute atomic E-state index is 0.0400. The van der Waals surface area contributed by atoms with Crippen LogP contribution in [0.5, 0.6) is 0 Å². The standard InChI is InChI=1S/C10H17N3O5/c1-12-3-4-13(5-8(12)14)10(17)11-7(6-18-2)9(15)16/h7H,3-6H2,1-2H3,(H,11,17)(H,15,16). The summed E-state index contributed by atoms with van der Waals surface area (Å²) in [6.07, 6.45) is 0. The molecule has 3 amide bonds. The molecular weight excluding hydrogens is 242 g/mol. The van der Waals surface area contributed by atoms with E-state index >= 15 is 0 Å². The molecule has 1 saturated heterocycles. The number of carboxylic acids is 1. The lowest BCUT2D eigenvalue weighted by Gasteiger charge is -2.32. The third-order valence-corrected chi connectivity index (χ3v) is 2.67. The second kappa shape index (κ2) is 6.20. The van der Waals surface area contributed by atoms with Gasteiger partial charge in [0.1, 0.15) is 6.54 Å². The molecule has 8 heteroatoms. The summed E-state index contributed by atoms with van der Waals surface area (Å²) in [5.41, 5.74) is 0. The number of likely N-dealkylation sites (N-methyl/N-ethyl adjacent to an activating group) is 1. The highest BCUT2D eigenvalue weighted by Gasteiger charge is 2.28. The van der Waals surface area contributed by atoms with Crippen molar-refractivity contribution in [1.29, 1.82) is 0 Å². The summed E-state index contributed by atoms with van der Waals surface area (Å²) >= 11 is 0. The number of carboxylic acid groups (broad SMARTS) is 1. The molecular formula is C10H17N3O5. The number of hydrogen-bond acceptors (Lipinski definition) is 4. The molecule has 1 fully saturated rings. The van der Waals surface area contributed by atoms with Gasteiger partial charge in [-0.1, -0.05) is 0 Å². The summed E-state index contributed by atoms with van der Waals surface area (Å²) in [6, 6.07) is -1.68. The molecule has 18 heavy (non-hydrogen) atoms. The first-order chi connectivity index (χ1) is 8.45. The van der Waals surface area contributed by atoms with Crippen LogP contribution in [-0.4, -0.2) is 79.3 Å². The van der Waals surface area contributed by atoms with Gasteiger partial charge >= 0.3 is 12.0 Å². The van der Waals surface area contributed by atoms with Crippen molar-refractivity contribution in [3.63, 3.8) is 0 Å². The van der Waals surface area contributed by atoms with Crippen molar-refractivity contribution in [3.8, 4) is 0 Å². The van der Waals surface area contributed by atoms with Gasteiger partial charge in [0.2, 0.25) is 5.91 Å². The Balaban J connectivity index is 2.54. The Bertz CT molecular complexity index is 346. The van der Waals surface area contributed by atoms with E-state index in [4.69, 9.17) is 9.84 Å². The van der Waals surface area contributed by atoms with E-state index in [1.54, 1.807) is 7.05 Å². The summed E-state index contributed by atoms with van der Waals surface area (Å²) in [7, 11) is 3.00. The van der Waals surface area contributed by atoms with Crippen LogP contribution in [0.3, 0.4) is 0 Å². The molecule has 1 unspecified atom stereocenters. The van der Waals surface area contributed by atoms with Crippen molar-refractivity contribution in [2.45, 2.75) is 6.04 Å². The minimum Gasteiger partial charge on any atom is -0.480 e. The topological polar surface area (TPSA) is 99.2 Å². The number of piperazine rings is 1. The molecule has 1 aliphatic heterocycles. The van der Waals surface area contributed by atoms with Crippen LogP contribution in [0.1, 0.15) is 0 Å². The van der Waals surface area contributed by atoms with Crippen LogP contribution in [0.15, 0.2) is 0 Å². The maximum Gasteiger partial charge on any atom is 0.328 e. The normalized spacial score (nSPS) is 17.6. The molecule has 0 radical (unpaired) electrons. The Morgan fingerprint density at radius 3 is 2.67 bits per heavy atom. The number of amides is 3. The van der Waals surface area contributed by atoms with E-state index in [0.717, 1.165) is 0 Å². The van der Waals surface area contributed by atoms with Gasteiger partial charge in [-0.05, 0) is 0 Å². The van der Waals surface area contributed by atoms with Crippen LogP contribution in [-0.2, 0) is 14.3 Å². The Labute approximate surface area is 104 Å². The Kier molecular flexibility index (Phi) is 4.90. The van der Waals surface area contributed by atoms with Gasteiger partial charge in [-0.15, -0.1) is 0 Å². The molecule has 1 heterocycles. The average molecular weight is 259 g/mol. The number of nitrogens with zero attached hydrogens (tertiary/aromatic N) is 2. The van der Waals surface area contributed by atoms with Crippen molar-refractivity contribution in [2.24, 2.45) is 0 Å². The van der Waals surface area contributed by atoms with E-state index in [0.29, 0.717) is 13.1 Å². The van der Waals surface area contributed by atoms with Gasteiger partial charge in [0.05, 0.1) is 6.61 Å². The lowest BCUT2D eigenvalue weighted by atomic mass is 10.3. The van der Waals surface area contributed by atoms with Crippen molar-refractivity contribution in [1.82, 2.24) is 15.1 Å². The SMILES string of the molecule is COCC(NC(=O)N1CCN(C)C(=O)C1)C(=O)O. The predicted molar refractivity (Wildman–Crippen MR) is 61.0 cm³/mol. The van der Waals surface area contributed by atoms with Gasteiger partial charge in [0, 0.05) is 27.2 Å². The van der Waals surface area contributed by atoms with Crippen molar-refractivity contribution < 1.29 is 24.2 Å². The predicted octanol–water partition coefficient (Wildman–Crippen LogP) is -1.43. The highest BCUT2D eigenvalue weighted by Crippen LogP contribution is 2.01. The van der Waals surface area contributed by atoms with Gasteiger partial charge in [0.25, 0.3) is 0 Å². The molecule has 8 nitrogen and oxygen atoms in total. The third kappa shape index (κ3) is 3.59. The van der Waals surface area contributed by atoms with Crippen LogP contribution in [0, 0.1) is 0 Å². The van der Waals surface area contributed by atoms with E-state index in [2.05, 4.69) is 5.32 Å². The monoisotopic (exact) mass is 259 g/mol. The molecule has 1 rings (SSSR count). The highest BCUT2D eigenvalue weighted by molar-refractivity contribution is 5.87. The van der Waals surface area contributed by atoms with E-state index in [-0.39, 0.29) is 19.1 Å². The van der Waals surface area contributed by atoms with Crippen molar-refractivity contribution in [3.05, 3.63) is 0 Å². The van der Waals surface area contributed by atoms with E-state index in [1.807, 2.05) is 0 Å². The quantitative estimate of drug-likeness (QED) is 0.645. The fraction of sp³-hybridized carbons (Fsp3) is 0.700. The fourth-order valence-corrected chi connectivity index (χ4v) is 1.51. The fourth-order valence-electron chi connectivity index (χ4n) is 1.51. The number of ether oxygens (including phenoxy) is 1. The first kappa shape index (κ1) is 14.2. The molecule has 102 valence electrons. The number of carbonyl (C=O) groups excluding carboxylic acids is 2. The van der Waals surface area contributed by atoms with Gasteiger partial charge in [-0.2, -0.15) is 0 Å². The molecule has 0 spiro atoms. The number of urea groups is 1. The van der Waals surface area contributed by atoms with Gasteiger partial charge < -0.3 is 25.0 Å². The maximum atomic E-state index is 11.8.